The SMILES string of the molecule is O=C(O)c1cnoc1CN1CC(O)C1. The van der Waals surface area contributed by atoms with E-state index in [9.17, 15) is 4.79 Å². The molecule has 2 rings (SSSR count). The topological polar surface area (TPSA) is 86.8 Å². The van der Waals surface area contributed by atoms with Gasteiger partial charge in [0, 0.05) is 13.1 Å². The summed E-state index contributed by atoms with van der Waals surface area (Å²) in [7, 11) is 0. The third-order valence-electron chi connectivity index (χ3n) is 2.18. The summed E-state index contributed by atoms with van der Waals surface area (Å²) >= 11 is 0. The highest BCUT2D eigenvalue weighted by atomic mass is 16.5. The molecule has 0 spiro atoms. The normalized spacial score (nSPS) is 18.1. The second kappa shape index (κ2) is 3.39. The monoisotopic (exact) mass is 198 g/mol. The third-order valence-corrected chi connectivity index (χ3v) is 2.18. The lowest BCUT2D eigenvalue weighted by molar-refractivity contribution is -0.00736. The van der Waals surface area contributed by atoms with Crippen molar-refractivity contribution in [2.75, 3.05) is 13.1 Å². The van der Waals surface area contributed by atoms with Crippen LogP contribution in [0.4, 0.5) is 0 Å². The highest BCUT2D eigenvalue weighted by molar-refractivity contribution is 5.88. The van der Waals surface area contributed by atoms with Crippen molar-refractivity contribution in [3.05, 3.63) is 17.5 Å². The minimum Gasteiger partial charge on any atom is -0.478 e. The van der Waals surface area contributed by atoms with Crippen molar-refractivity contribution in [3.8, 4) is 0 Å². The quantitative estimate of drug-likeness (QED) is 0.684. The van der Waals surface area contributed by atoms with E-state index >= 15 is 0 Å². The minimum absolute atomic E-state index is 0.0892. The van der Waals surface area contributed by atoms with Gasteiger partial charge in [0.25, 0.3) is 0 Å². The first-order valence-electron chi connectivity index (χ1n) is 4.24. The Kier molecular flexibility index (Phi) is 2.22. The first kappa shape index (κ1) is 9.17. The zero-order valence-corrected chi connectivity index (χ0v) is 7.38. The molecule has 1 aromatic rings. The lowest BCUT2D eigenvalue weighted by Gasteiger charge is -2.34. The second-order valence-electron chi connectivity index (χ2n) is 3.32. The van der Waals surface area contributed by atoms with Crippen LogP contribution >= 0.6 is 0 Å². The van der Waals surface area contributed by atoms with Crippen LogP contribution in [-0.4, -0.2) is 45.4 Å². The van der Waals surface area contributed by atoms with E-state index in [1.807, 2.05) is 4.90 Å². The molecular weight excluding hydrogens is 188 g/mol. The molecular formula is C8H10N2O4. The molecule has 0 radical (unpaired) electrons. The molecule has 1 aliphatic rings. The van der Waals surface area contributed by atoms with Crippen LogP contribution in [0.25, 0.3) is 0 Å². The molecule has 2 N–H and O–H groups in total. The summed E-state index contributed by atoms with van der Waals surface area (Å²) in [5, 5.41) is 21.2. The Morgan fingerprint density at radius 3 is 3.00 bits per heavy atom. The molecule has 0 amide bonds. The van der Waals surface area contributed by atoms with Gasteiger partial charge in [-0.15, -0.1) is 0 Å². The summed E-state index contributed by atoms with van der Waals surface area (Å²) in [5.74, 6) is -0.702. The first-order valence-corrected chi connectivity index (χ1v) is 4.24. The molecule has 0 saturated carbocycles. The van der Waals surface area contributed by atoms with E-state index in [0.29, 0.717) is 25.4 Å². The molecule has 1 aromatic heterocycles. The highest BCUT2D eigenvalue weighted by Crippen LogP contribution is 2.15. The number of likely N-dealkylation sites (tertiary alicyclic amines) is 1. The third kappa shape index (κ3) is 1.61. The van der Waals surface area contributed by atoms with Gasteiger partial charge in [0.2, 0.25) is 0 Å². The molecule has 1 aliphatic heterocycles. The average molecular weight is 198 g/mol. The Morgan fingerprint density at radius 2 is 2.43 bits per heavy atom. The largest absolute Gasteiger partial charge is 0.478 e. The number of aliphatic hydroxyl groups is 1. The van der Waals surface area contributed by atoms with Crippen molar-refractivity contribution in [3.63, 3.8) is 0 Å². The zero-order chi connectivity index (χ0) is 10.1. The Bertz CT molecular complexity index is 343. The van der Waals surface area contributed by atoms with E-state index < -0.39 is 5.97 Å². The molecule has 0 aliphatic carbocycles. The Labute approximate surface area is 79.7 Å². The molecule has 1 fully saturated rings. The lowest BCUT2D eigenvalue weighted by atomic mass is 10.1. The number of aromatic nitrogens is 1. The van der Waals surface area contributed by atoms with E-state index in [4.69, 9.17) is 14.7 Å². The van der Waals surface area contributed by atoms with Crippen LogP contribution < -0.4 is 0 Å². The molecule has 0 unspecified atom stereocenters. The maximum atomic E-state index is 10.7. The average Bonchev–Trinajstić information content (AvgIpc) is 2.49. The van der Waals surface area contributed by atoms with E-state index in [1.54, 1.807) is 0 Å². The second-order valence-corrected chi connectivity index (χ2v) is 3.32. The fourth-order valence-corrected chi connectivity index (χ4v) is 1.43. The van der Waals surface area contributed by atoms with E-state index in [-0.39, 0.29) is 11.7 Å². The van der Waals surface area contributed by atoms with Gasteiger partial charge >= 0.3 is 5.97 Å². The summed E-state index contributed by atoms with van der Waals surface area (Å²) in [5.41, 5.74) is 0.0892. The number of carboxylic acid groups (broad SMARTS) is 1. The van der Waals surface area contributed by atoms with E-state index in [1.165, 1.54) is 6.20 Å². The number of carbonyl (C=O) groups is 1. The van der Waals surface area contributed by atoms with Crippen molar-refractivity contribution in [1.29, 1.82) is 0 Å². The first-order chi connectivity index (χ1) is 6.66. The van der Waals surface area contributed by atoms with E-state index in [0.717, 1.165) is 0 Å². The molecule has 1 saturated heterocycles. The van der Waals surface area contributed by atoms with Gasteiger partial charge in [-0.25, -0.2) is 4.79 Å². The lowest BCUT2D eigenvalue weighted by Crippen LogP contribution is -2.49. The van der Waals surface area contributed by atoms with Crippen molar-refractivity contribution in [2.45, 2.75) is 12.6 Å². The predicted octanol–water partition coefficient (Wildman–Crippen LogP) is -0.451. The van der Waals surface area contributed by atoms with Crippen molar-refractivity contribution in [1.82, 2.24) is 10.1 Å². The van der Waals surface area contributed by atoms with Crippen LogP contribution in [0.5, 0.6) is 0 Å². The zero-order valence-electron chi connectivity index (χ0n) is 7.38. The summed E-state index contributed by atoms with van der Waals surface area (Å²) in [6.07, 6.45) is 0.889. The van der Waals surface area contributed by atoms with Gasteiger partial charge < -0.3 is 14.7 Å². The van der Waals surface area contributed by atoms with Gasteiger partial charge in [0.1, 0.15) is 5.56 Å². The smallest absolute Gasteiger partial charge is 0.341 e. The number of nitrogens with zero attached hydrogens (tertiary/aromatic N) is 2. The molecule has 2 heterocycles. The van der Waals surface area contributed by atoms with E-state index in [2.05, 4.69) is 5.16 Å². The summed E-state index contributed by atoms with van der Waals surface area (Å²) in [6.45, 7) is 1.50. The summed E-state index contributed by atoms with van der Waals surface area (Å²) in [6, 6.07) is 0. The van der Waals surface area contributed by atoms with Crippen LogP contribution in [-0.2, 0) is 6.54 Å². The summed E-state index contributed by atoms with van der Waals surface area (Å²) in [4.78, 5) is 12.6. The Morgan fingerprint density at radius 1 is 1.71 bits per heavy atom. The fourth-order valence-electron chi connectivity index (χ4n) is 1.43. The maximum absolute atomic E-state index is 10.7. The molecule has 14 heavy (non-hydrogen) atoms. The van der Waals surface area contributed by atoms with Crippen molar-refractivity contribution >= 4 is 5.97 Å². The standard InChI is InChI=1S/C8H10N2O4/c11-5-2-10(3-5)4-7-6(8(12)13)1-9-14-7/h1,5,11H,2-4H2,(H,12,13). The number of rotatable bonds is 3. The summed E-state index contributed by atoms with van der Waals surface area (Å²) < 4.78 is 4.81. The van der Waals surface area contributed by atoms with Gasteiger partial charge in [-0.1, -0.05) is 5.16 Å². The highest BCUT2D eigenvalue weighted by Gasteiger charge is 2.27. The number of carboxylic acids is 1. The van der Waals surface area contributed by atoms with Crippen LogP contribution in [0.1, 0.15) is 16.1 Å². The molecule has 0 bridgehead atoms. The van der Waals surface area contributed by atoms with Crippen LogP contribution in [0, 0.1) is 0 Å². The van der Waals surface area contributed by atoms with Gasteiger partial charge in [-0.2, -0.15) is 0 Å². The number of β-amino-alcohol motifs (C(OH)–C–C–N with tert-alkyl or cyclic N) is 1. The number of aromatic carboxylic acids is 1. The molecule has 0 aromatic carbocycles. The molecule has 0 atom stereocenters. The van der Waals surface area contributed by atoms with Crippen LogP contribution in [0.3, 0.4) is 0 Å². The van der Waals surface area contributed by atoms with Crippen molar-refractivity contribution < 1.29 is 19.5 Å². The van der Waals surface area contributed by atoms with Crippen molar-refractivity contribution in [2.24, 2.45) is 0 Å². The number of hydrogen-bond acceptors (Lipinski definition) is 5. The van der Waals surface area contributed by atoms with Crippen LogP contribution in [0.2, 0.25) is 0 Å². The Balaban J connectivity index is 2.02. The molecule has 76 valence electrons. The van der Waals surface area contributed by atoms with Crippen LogP contribution in [0.15, 0.2) is 10.7 Å². The fraction of sp³-hybridized carbons (Fsp3) is 0.500. The molecule has 6 nitrogen and oxygen atoms in total. The minimum atomic E-state index is -1.04. The molecule has 6 heteroatoms. The number of aliphatic hydroxyl groups excluding tert-OH is 1. The van der Waals surface area contributed by atoms with Gasteiger partial charge in [0.05, 0.1) is 18.8 Å². The van der Waals surface area contributed by atoms with Gasteiger partial charge in [-0.3, -0.25) is 4.90 Å². The maximum Gasteiger partial charge on any atom is 0.341 e. The predicted molar refractivity (Wildman–Crippen MR) is 44.7 cm³/mol. The number of hydrogen-bond donors (Lipinski definition) is 2. The van der Waals surface area contributed by atoms with Gasteiger partial charge in [0.15, 0.2) is 5.76 Å². The Hall–Kier alpha value is -1.40. The van der Waals surface area contributed by atoms with Gasteiger partial charge in [-0.05, 0) is 0 Å².